The minimum atomic E-state index is 0.658. The summed E-state index contributed by atoms with van der Waals surface area (Å²) in [6.07, 6.45) is 13.5. The summed E-state index contributed by atoms with van der Waals surface area (Å²) in [4.78, 5) is 0. The molecular formula is C33H54O. The van der Waals surface area contributed by atoms with Crippen LogP contribution < -0.4 is 4.74 Å². The van der Waals surface area contributed by atoms with Crippen molar-refractivity contribution in [3.8, 4) is 5.75 Å². The highest BCUT2D eigenvalue weighted by molar-refractivity contribution is 5.38. The molecule has 0 aromatic heterocycles. The largest absolute Gasteiger partial charge is 0.496 e. The molecule has 2 atom stereocenters. The number of rotatable bonds is 10. The van der Waals surface area contributed by atoms with Crippen molar-refractivity contribution in [2.45, 2.75) is 119 Å². The van der Waals surface area contributed by atoms with Gasteiger partial charge in [-0.25, -0.2) is 0 Å². The quantitative estimate of drug-likeness (QED) is 0.316. The lowest BCUT2D eigenvalue weighted by atomic mass is 9.81. The highest BCUT2D eigenvalue weighted by Gasteiger charge is 2.18. The van der Waals surface area contributed by atoms with Crippen LogP contribution in [0, 0.1) is 18.8 Å². The van der Waals surface area contributed by atoms with Crippen LogP contribution in [0.4, 0.5) is 0 Å². The third-order valence-electron chi connectivity index (χ3n) is 7.20. The number of aryl methyl sites for hydroxylation is 2. The number of unbranched alkanes of at least 4 members (excludes halogenated alkanes) is 3. The molecule has 0 spiro atoms. The molecule has 0 heterocycles. The molecule has 0 N–H and O–H groups in total. The van der Waals surface area contributed by atoms with Crippen LogP contribution in [0.5, 0.6) is 5.75 Å². The molecule has 1 heteroatoms. The van der Waals surface area contributed by atoms with E-state index >= 15 is 0 Å². The molecule has 2 aromatic rings. The standard InChI is InChI=1S/C17H28O.C14H20.C2H6/c1-6-7-8-9-16(13(2)3)15-11-10-14(4)17(12-15)18-5;1-2-3-6-12-9-10-13-7-4-5-8-14(13)11-12;1-2/h10-13,16H,6-9H2,1-5H3;4-5,7-8,12H,2-3,6,9-11H2,1H3;1-2H3/t16-;;/m0../s1. The topological polar surface area (TPSA) is 9.23 Å². The number of ether oxygens (including phenoxy) is 1. The second-order valence-corrected chi connectivity index (χ2v) is 10.1. The normalized spacial score (nSPS) is 15.4. The zero-order valence-electron chi connectivity index (χ0n) is 23.8. The first-order chi connectivity index (χ1) is 16.5. The summed E-state index contributed by atoms with van der Waals surface area (Å²) in [7, 11) is 1.76. The molecule has 2 aromatic carbocycles. The summed E-state index contributed by atoms with van der Waals surface area (Å²) in [5.41, 5.74) is 5.86. The lowest BCUT2D eigenvalue weighted by Gasteiger charge is -2.24. The second kappa shape index (κ2) is 17.6. The van der Waals surface area contributed by atoms with Crippen molar-refractivity contribution in [2.24, 2.45) is 11.8 Å². The van der Waals surface area contributed by atoms with Crippen LogP contribution >= 0.6 is 0 Å². The lowest BCUT2D eigenvalue weighted by molar-refractivity contribution is 0.406. The van der Waals surface area contributed by atoms with Crippen molar-refractivity contribution in [2.75, 3.05) is 7.11 Å². The Kier molecular flexibility index (Phi) is 15.7. The van der Waals surface area contributed by atoms with Crippen LogP contribution in [0.3, 0.4) is 0 Å². The molecule has 3 rings (SSSR count). The van der Waals surface area contributed by atoms with Crippen LogP contribution in [-0.4, -0.2) is 7.11 Å². The Morgan fingerprint density at radius 2 is 1.59 bits per heavy atom. The van der Waals surface area contributed by atoms with Crippen molar-refractivity contribution in [3.05, 3.63) is 64.7 Å². The fourth-order valence-corrected chi connectivity index (χ4v) is 5.08. The van der Waals surface area contributed by atoms with Crippen molar-refractivity contribution >= 4 is 0 Å². The molecule has 0 bridgehead atoms. The Labute approximate surface area is 212 Å². The third-order valence-corrected chi connectivity index (χ3v) is 7.20. The first kappa shape index (κ1) is 30.3. The molecule has 1 aliphatic carbocycles. The summed E-state index contributed by atoms with van der Waals surface area (Å²) >= 11 is 0. The van der Waals surface area contributed by atoms with Gasteiger partial charge in [0.1, 0.15) is 5.75 Å². The fourth-order valence-electron chi connectivity index (χ4n) is 5.08. The van der Waals surface area contributed by atoms with E-state index in [0.29, 0.717) is 11.8 Å². The summed E-state index contributed by atoms with van der Waals surface area (Å²) in [5.74, 6) is 3.33. The van der Waals surface area contributed by atoms with E-state index in [1.54, 1.807) is 18.2 Å². The van der Waals surface area contributed by atoms with Gasteiger partial charge in [-0.2, -0.15) is 0 Å². The van der Waals surface area contributed by atoms with E-state index in [1.165, 1.54) is 75.3 Å². The van der Waals surface area contributed by atoms with E-state index in [-0.39, 0.29) is 0 Å². The highest BCUT2D eigenvalue weighted by atomic mass is 16.5. The zero-order valence-corrected chi connectivity index (χ0v) is 23.8. The Balaban J connectivity index is 0.000000324. The van der Waals surface area contributed by atoms with E-state index in [1.807, 2.05) is 13.8 Å². The van der Waals surface area contributed by atoms with Crippen molar-refractivity contribution in [3.63, 3.8) is 0 Å². The predicted octanol–water partition coefficient (Wildman–Crippen LogP) is 10.3. The van der Waals surface area contributed by atoms with Crippen molar-refractivity contribution in [1.29, 1.82) is 0 Å². The van der Waals surface area contributed by atoms with Crippen LogP contribution in [0.2, 0.25) is 0 Å². The summed E-state index contributed by atoms with van der Waals surface area (Å²) in [6, 6.07) is 15.6. The summed E-state index contributed by atoms with van der Waals surface area (Å²) < 4.78 is 5.44. The third kappa shape index (κ3) is 10.2. The SMILES string of the molecule is CC.CCCCC1CCc2ccccc2C1.CCCCC[C@H](c1ccc(C)c(OC)c1)C(C)C. The minimum Gasteiger partial charge on any atom is -0.496 e. The lowest BCUT2D eigenvalue weighted by Crippen LogP contribution is -2.13. The molecule has 34 heavy (non-hydrogen) atoms. The van der Waals surface area contributed by atoms with E-state index in [9.17, 15) is 0 Å². The average molecular weight is 467 g/mol. The summed E-state index contributed by atoms with van der Waals surface area (Å²) in [5, 5.41) is 0. The molecule has 0 radical (unpaired) electrons. The van der Waals surface area contributed by atoms with Crippen LogP contribution in [0.1, 0.15) is 121 Å². The predicted molar refractivity (Wildman–Crippen MR) is 152 cm³/mol. The molecule has 1 nitrogen and oxygen atoms in total. The van der Waals surface area contributed by atoms with Gasteiger partial charge < -0.3 is 4.74 Å². The van der Waals surface area contributed by atoms with E-state index in [0.717, 1.165) is 11.7 Å². The van der Waals surface area contributed by atoms with Gasteiger partial charge in [-0.15, -0.1) is 0 Å². The first-order valence-electron chi connectivity index (χ1n) is 14.2. The average Bonchev–Trinajstić information content (AvgIpc) is 2.87. The van der Waals surface area contributed by atoms with Gasteiger partial charge in [0, 0.05) is 0 Å². The van der Waals surface area contributed by atoms with Gasteiger partial charge in [0.25, 0.3) is 0 Å². The van der Waals surface area contributed by atoms with Gasteiger partial charge in [-0.05, 0) is 78.7 Å². The molecule has 0 saturated carbocycles. The van der Waals surface area contributed by atoms with Gasteiger partial charge >= 0.3 is 0 Å². The fraction of sp³-hybridized carbons (Fsp3) is 0.636. The number of hydrogen-bond acceptors (Lipinski definition) is 1. The molecule has 192 valence electrons. The maximum atomic E-state index is 5.44. The van der Waals surface area contributed by atoms with Crippen LogP contribution in [0.15, 0.2) is 42.5 Å². The Morgan fingerprint density at radius 1 is 0.912 bits per heavy atom. The molecular weight excluding hydrogens is 412 g/mol. The van der Waals surface area contributed by atoms with Crippen molar-refractivity contribution in [1.82, 2.24) is 0 Å². The van der Waals surface area contributed by atoms with Gasteiger partial charge in [0.05, 0.1) is 7.11 Å². The highest BCUT2D eigenvalue weighted by Crippen LogP contribution is 2.33. The van der Waals surface area contributed by atoms with Gasteiger partial charge in [-0.3, -0.25) is 0 Å². The monoisotopic (exact) mass is 466 g/mol. The number of fused-ring (bicyclic) bond motifs is 1. The number of benzene rings is 2. The van der Waals surface area contributed by atoms with E-state index in [4.69, 9.17) is 4.74 Å². The summed E-state index contributed by atoms with van der Waals surface area (Å²) in [6.45, 7) is 15.3. The molecule has 0 fully saturated rings. The van der Waals surface area contributed by atoms with Gasteiger partial charge in [-0.1, -0.05) is 116 Å². The minimum absolute atomic E-state index is 0.658. The van der Waals surface area contributed by atoms with Crippen LogP contribution in [0.25, 0.3) is 0 Å². The maximum Gasteiger partial charge on any atom is 0.122 e. The van der Waals surface area contributed by atoms with Crippen LogP contribution in [-0.2, 0) is 12.8 Å². The second-order valence-electron chi connectivity index (χ2n) is 10.1. The van der Waals surface area contributed by atoms with Gasteiger partial charge in [0.2, 0.25) is 0 Å². The number of hydrogen-bond donors (Lipinski definition) is 0. The Bertz CT molecular complexity index is 776. The van der Waals surface area contributed by atoms with E-state index < -0.39 is 0 Å². The Morgan fingerprint density at radius 3 is 2.21 bits per heavy atom. The number of methoxy groups -OCH3 is 1. The zero-order chi connectivity index (χ0) is 25.3. The Hall–Kier alpha value is -1.76. The van der Waals surface area contributed by atoms with E-state index in [2.05, 4.69) is 77.1 Å². The molecule has 0 amide bonds. The molecule has 0 saturated heterocycles. The van der Waals surface area contributed by atoms with Gasteiger partial charge in [0.15, 0.2) is 0 Å². The van der Waals surface area contributed by atoms with Crippen molar-refractivity contribution < 1.29 is 4.74 Å². The smallest absolute Gasteiger partial charge is 0.122 e. The first-order valence-corrected chi connectivity index (χ1v) is 14.2. The molecule has 0 aliphatic heterocycles. The molecule has 1 aliphatic rings. The maximum absolute atomic E-state index is 5.44. The molecule has 1 unspecified atom stereocenters.